The zero-order chi connectivity index (χ0) is 34.8. The van der Waals surface area contributed by atoms with Crippen LogP contribution < -0.4 is 0 Å². The van der Waals surface area contributed by atoms with E-state index in [0.717, 1.165) is 36.8 Å². The number of carboxylic acid groups (broad SMARTS) is 1. The van der Waals surface area contributed by atoms with E-state index in [4.69, 9.17) is 0 Å². The van der Waals surface area contributed by atoms with Gasteiger partial charge in [-0.1, -0.05) is 38.0 Å². The molecule has 1 heterocycles. The summed E-state index contributed by atoms with van der Waals surface area (Å²) in [5.74, 6) is -3.02. The molecule has 1 saturated carbocycles. The molecule has 2 aromatic rings. The molecule has 1 aliphatic heterocycles. The van der Waals surface area contributed by atoms with Crippen LogP contribution in [0, 0.1) is 17.2 Å². The van der Waals surface area contributed by atoms with Crippen molar-refractivity contribution in [3.8, 4) is 0 Å². The number of halogens is 8. The van der Waals surface area contributed by atoms with E-state index >= 15 is 4.39 Å². The van der Waals surface area contributed by atoms with Crippen LogP contribution in [-0.4, -0.2) is 55.2 Å². The lowest BCUT2D eigenvalue weighted by atomic mass is 9.76. The highest BCUT2D eigenvalue weighted by Gasteiger charge is 2.74. The fourth-order valence-electron chi connectivity index (χ4n) is 7.93. The molecule has 1 amide bonds. The molecule has 6 nitrogen and oxygen atoms in total. The zero-order valence-corrected chi connectivity index (χ0v) is 26.0. The van der Waals surface area contributed by atoms with Gasteiger partial charge in [-0.15, -0.1) is 0 Å². The Morgan fingerprint density at radius 1 is 0.957 bits per heavy atom. The summed E-state index contributed by atoms with van der Waals surface area (Å²) in [4.78, 5) is 27.3. The minimum atomic E-state index is -6.38. The van der Waals surface area contributed by atoms with E-state index < -0.39 is 73.2 Å². The zero-order valence-electron chi connectivity index (χ0n) is 25.2. The maximum atomic E-state index is 15.0. The fourth-order valence-corrected chi connectivity index (χ4v) is 10.3. The molecule has 47 heavy (non-hydrogen) atoms. The van der Waals surface area contributed by atoms with Gasteiger partial charge >= 0.3 is 24.0 Å². The summed E-state index contributed by atoms with van der Waals surface area (Å²) in [6.07, 6.45) is -11.3. The third kappa shape index (κ3) is 5.30. The number of likely N-dealkylation sites (tertiary alicyclic amines) is 1. The minimum Gasteiger partial charge on any atom is -0.481 e. The van der Waals surface area contributed by atoms with Crippen molar-refractivity contribution in [2.45, 2.75) is 98.4 Å². The normalized spacial score (nSPS) is 26.6. The molecule has 1 unspecified atom stereocenters. The number of fused-ring (bicyclic) bond motifs is 3. The Labute approximate surface area is 266 Å². The predicted octanol–water partition coefficient (Wildman–Crippen LogP) is 7.39. The summed E-state index contributed by atoms with van der Waals surface area (Å²) in [6, 6.07) is 4.02. The Morgan fingerprint density at radius 3 is 2.17 bits per heavy atom. The van der Waals surface area contributed by atoms with Crippen molar-refractivity contribution >= 4 is 21.7 Å². The molecule has 5 rings (SSSR count). The van der Waals surface area contributed by atoms with Gasteiger partial charge in [0.1, 0.15) is 10.6 Å². The summed E-state index contributed by atoms with van der Waals surface area (Å²) in [6.45, 7) is 1.75. The average Bonchev–Trinajstić information content (AvgIpc) is 3.62. The van der Waals surface area contributed by atoms with Gasteiger partial charge in [0.2, 0.25) is 5.91 Å². The van der Waals surface area contributed by atoms with Crippen molar-refractivity contribution in [2.24, 2.45) is 11.3 Å². The molecule has 3 aliphatic rings. The van der Waals surface area contributed by atoms with Crippen LogP contribution in [0.25, 0.3) is 0 Å². The van der Waals surface area contributed by atoms with Gasteiger partial charge in [-0.25, -0.2) is 17.2 Å². The molecular weight excluding hydrogens is 662 g/mol. The van der Waals surface area contributed by atoms with Gasteiger partial charge in [0.05, 0.1) is 16.4 Å². The second-order valence-electron chi connectivity index (χ2n) is 12.8. The number of carbonyl (C=O) groups excluding carboxylic acids is 1. The summed E-state index contributed by atoms with van der Waals surface area (Å²) in [5.41, 5.74) is -9.03. The Bertz CT molecular complexity index is 1640. The number of benzene rings is 2. The van der Waals surface area contributed by atoms with Crippen LogP contribution in [-0.2, 0) is 36.3 Å². The first-order chi connectivity index (χ1) is 21.8. The number of nitrogens with zero attached hydrogens (tertiary/aromatic N) is 1. The lowest BCUT2D eigenvalue weighted by molar-refractivity contribution is -0.348. The number of amides is 1. The number of carbonyl (C=O) groups is 2. The number of alkyl halides is 7. The van der Waals surface area contributed by atoms with Crippen LogP contribution in [0.15, 0.2) is 47.4 Å². The van der Waals surface area contributed by atoms with Crippen LogP contribution in [0.5, 0.6) is 0 Å². The number of unbranched alkanes of at least 4 members (excludes halogenated alkanes) is 1. The van der Waals surface area contributed by atoms with Gasteiger partial charge < -0.3 is 10.0 Å². The van der Waals surface area contributed by atoms with Crippen molar-refractivity contribution in [3.05, 3.63) is 65.0 Å². The SMILES string of the molecule is CCCC[C@@]1(C(=O)O)CCC(C(=O)N2CC[C@@]3(S(=O)(=O)c4ccc(F)cc4)c4ccc(C(F)(C(F)(F)F)C(F)(F)F)cc4CC[C@@H]23)C1. The van der Waals surface area contributed by atoms with Crippen molar-refractivity contribution in [1.29, 1.82) is 0 Å². The van der Waals surface area contributed by atoms with E-state index in [1.807, 2.05) is 6.92 Å². The summed E-state index contributed by atoms with van der Waals surface area (Å²) in [7, 11) is -4.63. The molecule has 0 spiro atoms. The van der Waals surface area contributed by atoms with Gasteiger partial charge in [0.25, 0.3) is 0 Å². The highest BCUT2D eigenvalue weighted by molar-refractivity contribution is 7.92. The topological polar surface area (TPSA) is 91.8 Å². The smallest absolute Gasteiger partial charge is 0.435 e. The summed E-state index contributed by atoms with van der Waals surface area (Å²) < 4.78 is 137. The molecule has 2 aromatic carbocycles. The predicted molar refractivity (Wildman–Crippen MR) is 152 cm³/mol. The first kappa shape index (κ1) is 35.1. The molecule has 258 valence electrons. The number of aryl methyl sites for hydroxylation is 1. The monoisotopic (exact) mass is 695 g/mol. The lowest BCUT2D eigenvalue weighted by Crippen LogP contribution is -2.53. The van der Waals surface area contributed by atoms with Gasteiger partial charge in [-0.2, -0.15) is 26.3 Å². The molecule has 0 bridgehead atoms. The fraction of sp³-hybridized carbons (Fsp3) is 0.562. The van der Waals surface area contributed by atoms with Crippen molar-refractivity contribution in [3.63, 3.8) is 0 Å². The van der Waals surface area contributed by atoms with E-state index in [1.54, 1.807) is 0 Å². The largest absolute Gasteiger partial charge is 0.481 e. The number of carboxylic acids is 1. The molecule has 4 atom stereocenters. The second kappa shape index (κ2) is 11.7. The van der Waals surface area contributed by atoms with Gasteiger partial charge in [-0.05, 0) is 80.3 Å². The van der Waals surface area contributed by atoms with Crippen LogP contribution >= 0.6 is 0 Å². The average molecular weight is 696 g/mol. The Hall–Kier alpha value is -3.23. The van der Waals surface area contributed by atoms with E-state index in [-0.39, 0.29) is 67.2 Å². The first-order valence-electron chi connectivity index (χ1n) is 15.3. The maximum absolute atomic E-state index is 15.0. The molecule has 2 fully saturated rings. The summed E-state index contributed by atoms with van der Waals surface area (Å²) in [5, 5.41) is 10.0. The van der Waals surface area contributed by atoms with Crippen molar-refractivity contribution in [2.75, 3.05) is 6.54 Å². The van der Waals surface area contributed by atoms with Gasteiger partial charge in [-0.3, -0.25) is 9.59 Å². The Morgan fingerprint density at radius 2 is 1.60 bits per heavy atom. The van der Waals surface area contributed by atoms with Crippen LogP contribution in [0.3, 0.4) is 0 Å². The van der Waals surface area contributed by atoms with Crippen molar-refractivity contribution in [1.82, 2.24) is 4.90 Å². The number of sulfone groups is 1. The first-order valence-corrected chi connectivity index (χ1v) is 16.8. The number of hydrogen-bond donors (Lipinski definition) is 1. The molecule has 15 heteroatoms. The molecule has 2 aliphatic carbocycles. The molecular formula is C32H33F8NO5S. The quantitative estimate of drug-likeness (QED) is 0.230. The maximum Gasteiger partial charge on any atom is 0.435 e. The minimum absolute atomic E-state index is 0.0372. The van der Waals surface area contributed by atoms with E-state index in [2.05, 4.69) is 0 Å². The molecule has 1 N–H and O–H groups in total. The van der Waals surface area contributed by atoms with Crippen LogP contribution in [0.4, 0.5) is 35.1 Å². The summed E-state index contributed by atoms with van der Waals surface area (Å²) >= 11 is 0. The molecule has 0 aromatic heterocycles. The van der Waals surface area contributed by atoms with Crippen LogP contribution in [0.1, 0.15) is 75.0 Å². The third-order valence-electron chi connectivity index (χ3n) is 10.4. The van der Waals surface area contributed by atoms with E-state index in [9.17, 15) is 53.8 Å². The number of rotatable bonds is 8. The van der Waals surface area contributed by atoms with Crippen molar-refractivity contribution < 1.29 is 58.2 Å². The highest BCUT2D eigenvalue weighted by Crippen LogP contribution is 2.57. The lowest BCUT2D eigenvalue weighted by Gasteiger charge is -2.43. The van der Waals surface area contributed by atoms with E-state index in [0.29, 0.717) is 18.9 Å². The second-order valence-corrected chi connectivity index (χ2v) is 15.0. The third-order valence-corrected chi connectivity index (χ3v) is 12.9. The molecule has 0 radical (unpaired) electrons. The van der Waals surface area contributed by atoms with Crippen LogP contribution in [0.2, 0.25) is 0 Å². The Balaban J connectivity index is 1.61. The molecule has 1 saturated heterocycles. The number of hydrogen-bond acceptors (Lipinski definition) is 4. The Kier molecular flexibility index (Phi) is 8.75. The van der Waals surface area contributed by atoms with Gasteiger partial charge in [0.15, 0.2) is 9.84 Å². The van der Waals surface area contributed by atoms with E-state index in [1.165, 1.54) is 4.90 Å². The van der Waals surface area contributed by atoms with Gasteiger partial charge in [0, 0.05) is 18.0 Å². The standard InChI is InChI=1S/C32H33F8NO5S/c1-2-3-13-28(27(43)44)14-12-20(18-28)26(42)41-16-15-29(47(45,46)23-8-6-22(33)7-9-23)24-10-5-21(17-19(24)4-11-25(29)41)30(34,31(35,36)37)32(38,39)40/h5-10,17,20,25H,2-4,11-16,18H2,1H3,(H,43,44)/t20?,25-,28-,29-/m1/s1. The number of aliphatic carboxylic acids is 1. The highest BCUT2D eigenvalue weighted by atomic mass is 32.2.